The third-order valence-corrected chi connectivity index (χ3v) is 3.70. The fourth-order valence-electron chi connectivity index (χ4n) is 2.43. The Kier molecular flexibility index (Phi) is 3.85. The van der Waals surface area contributed by atoms with Gasteiger partial charge in [0.1, 0.15) is 0 Å². The molecule has 2 fully saturated rings. The maximum atomic E-state index is 12.4. The Hall–Kier alpha value is -0.570. The first-order valence-corrected chi connectivity index (χ1v) is 6.69. The summed E-state index contributed by atoms with van der Waals surface area (Å²) in [4.78, 5) is 14.5. The first-order valence-electron chi connectivity index (χ1n) is 6.69. The average Bonchev–Trinajstić information content (AvgIpc) is 3.09. The van der Waals surface area contributed by atoms with Crippen molar-refractivity contribution in [2.45, 2.75) is 45.6 Å². The van der Waals surface area contributed by atoms with Crippen molar-refractivity contribution in [2.75, 3.05) is 19.6 Å². The van der Waals surface area contributed by atoms with Crippen molar-refractivity contribution in [3.63, 3.8) is 0 Å². The van der Waals surface area contributed by atoms with Gasteiger partial charge in [0.2, 0.25) is 5.91 Å². The highest BCUT2D eigenvalue weighted by atomic mass is 16.2. The van der Waals surface area contributed by atoms with Crippen molar-refractivity contribution >= 4 is 5.91 Å². The van der Waals surface area contributed by atoms with E-state index in [0.29, 0.717) is 11.9 Å². The van der Waals surface area contributed by atoms with Gasteiger partial charge in [-0.15, -0.1) is 0 Å². The molecule has 0 aromatic rings. The summed E-state index contributed by atoms with van der Waals surface area (Å²) >= 11 is 0. The molecule has 0 radical (unpaired) electrons. The molecule has 1 saturated carbocycles. The Morgan fingerprint density at radius 3 is 2.62 bits per heavy atom. The number of rotatable bonds is 4. The van der Waals surface area contributed by atoms with Crippen LogP contribution in [-0.2, 0) is 4.79 Å². The van der Waals surface area contributed by atoms with Crippen LogP contribution in [0.4, 0.5) is 0 Å². The van der Waals surface area contributed by atoms with Crippen LogP contribution < -0.4 is 5.32 Å². The Labute approximate surface area is 98.6 Å². The van der Waals surface area contributed by atoms with Crippen LogP contribution in [0.1, 0.15) is 39.5 Å². The molecule has 3 heteroatoms. The predicted molar refractivity (Wildman–Crippen MR) is 65.2 cm³/mol. The molecule has 1 heterocycles. The molecule has 0 aromatic carbocycles. The molecular weight excluding hydrogens is 200 g/mol. The highest BCUT2D eigenvalue weighted by Gasteiger charge is 2.32. The lowest BCUT2D eigenvalue weighted by Gasteiger charge is -2.32. The summed E-state index contributed by atoms with van der Waals surface area (Å²) in [7, 11) is 0. The zero-order valence-corrected chi connectivity index (χ0v) is 10.5. The van der Waals surface area contributed by atoms with E-state index in [1.54, 1.807) is 0 Å². The second-order valence-electron chi connectivity index (χ2n) is 5.57. The molecule has 92 valence electrons. The Bertz CT molecular complexity index is 242. The summed E-state index contributed by atoms with van der Waals surface area (Å²) in [5.41, 5.74) is 0. The minimum absolute atomic E-state index is 0.231. The van der Waals surface area contributed by atoms with Gasteiger partial charge in [-0.2, -0.15) is 0 Å². The minimum Gasteiger partial charge on any atom is -0.340 e. The Morgan fingerprint density at radius 2 is 2.12 bits per heavy atom. The second-order valence-corrected chi connectivity index (χ2v) is 5.57. The second kappa shape index (κ2) is 5.17. The van der Waals surface area contributed by atoms with Crippen LogP contribution in [0.2, 0.25) is 0 Å². The molecule has 16 heavy (non-hydrogen) atoms. The van der Waals surface area contributed by atoms with E-state index in [9.17, 15) is 4.79 Å². The molecule has 2 rings (SSSR count). The summed E-state index contributed by atoms with van der Waals surface area (Å²) in [6.07, 6.45) is 4.85. The Morgan fingerprint density at radius 1 is 1.38 bits per heavy atom. The van der Waals surface area contributed by atoms with E-state index in [2.05, 4.69) is 24.1 Å². The van der Waals surface area contributed by atoms with E-state index < -0.39 is 0 Å². The molecule has 2 aliphatic rings. The highest BCUT2D eigenvalue weighted by molar-refractivity contribution is 5.79. The molecule has 1 atom stereocenters. The number of hydrogen-bond donors (Lipinski definition) is 1. The summed E-state index contributed by atoms with van der Waals surface area (Å²) in [6.45, 7) is 7.22. The minimum atomic E-state index is 0.231. The molecule has 0 bridgehead atoms. The van der Waals surface area contributed by atoms with E-state index in [1.807, 2.05) is 0 Å². The van der Waals surface area contributed by atoms with Gasteiger partial charge in [0.25, 0.3) is 0 Å². The van der Waals surface area contributed by atoms with E-state index in [0.717, 1.165) is 38.4 Å². The smallest absolute Gasteiger partial charge is 0.227 e. The summed E-state index contributed by atoms with van der Waals surface area (Å²) < 4.78 is 0. The van der Waals surface area contributed by atoms with Crippen LogP contribution in [0.25, 0.3) is 0 Å². The molecule has 1 aliphatic heterocycles. The quantitative estimate of drug-likeness (QED) is 0.787. The molecule has 1 saturated heterocycles. The summed E-state index contributed by atoms with van der Waals surface area (Å²) in [6, 6.07) is 0.357. The predicted octanol–water partition coefficient (Wildman–Crippen LogP) is 1.63. The zero-order chi connectivity index (χ0) is 11.5. The van der Waals surface area contributed by atoms with Crippen LogP contribution in [0.3, 0.4) is 0 Å². The normalized spacial score (nSPS) is 25.8. The van der Waals surface area contributed by atoms with Crippen molar-refractivity contribution in [1.29, 1.82) is 0 Å². The van der Waals surface area contributed by atoms with E-state index in [1.165, 1.54) is 12.8 Å². The van der Waals surface area contributed by atoms with Gasteiger partial charge >= 0.3 is 0 Å². The standard InChI is InChI=1S/C13H24N2O/c1-10(2)15(9-11-5-6-11)13(16)12-4-3-7-14-8-12/h10-12,14H,3-9H2,1-2H3/t12-/m0/s1. The van der Waals surface area contributed by atoms with Crippen molar-refractivity contribution in [2.24, 2.45) is 11.8 Å². The maximum absolute atomic E-state index is 12.4. The van der Waals surface area contributed by atoms with Crippen molar-refractivity contribution in [1.82, 2.24) is 10.2 Å². The van der Waals surface area contributed by atoms with Gasteiger partial charge in [0.15, 0.2) is 0 Å². The van der Waals surface area contributed by atoms with Crippen LogP contribution in [0.5, 0.6) is 0 Å². The monoisotopic (exact) mass is 224 g/mol. The molecule has 1 amide bonds. The van der Waals surface area contributed by atoms with Crippen molar-refractivity contribution in [3.05, 3.63) is 0 Å². The Balaban J connectivity index is 1.91. The number of piperidine rings is 1. The van der Waals surface area contributed by atoms with Crippen LogP contribution in [0.15, 0.2) is 0 Å². The average molecular weight is 224 g/mol. The summed E-state index contributed by atoms with van der Waals surface area (Å²) in [5, 5.41) is 3.33. The van der Waals surface area contributed by atoms with E-state index in [4.69, 9.17) is 0 Å². The van der Waals surface area contributed by atoms with Gasteiger partial charge in [0, 0.05) is 19.1 Å². The third kappa shape index (κ3) is 2.97. The number of nitrogens with one attached hydrogen (secondary N) is 1. The van der Waals surface area contributed by atoms with Crippen molar-refractivity contribution < 1.29 is 4.79 Å². The third-order valence-electron chi connectivity index (χ3n) is 3.70. The largest absolute Gasteiger partial charge is 0.340 e. The lowest BCUT2D eigenvalue weighted by atomic mass is 9.97. The molecule has 0 aromatic heterocycles. The van der Waals surface area contributed by atoms with Gasteiger partial charge in [-0.1, -0.05) is 0 Å². The van der Waals surface area contributed by atoms with Crippen LogP contribution >= 0.6 is 0 Å². The topological polar surface area (TPSA) is 32.3 Å². The molecule has 0 spiro atoms. The summed E-state index contributed by atoms with van der Waals surface area (Å²) in [5.74, 6) is 1.41. The van der Waals surface area contributed by atoms with Crippen LogP contribution in [0, 0.1) is 11.8 Å². The number of amides is 1. The lowest BCUT2D eigenvalue weighted by molar-refractivity contribution is -0.138. The number of hydrogen-bond acceptors (Lipinski definition) is 2. The molecular formula is C13H24N2O. The molecule has 3 nitrogen and oxygen atoms in total. The molecule has 1 N–H and O–H groups in total. The van der Waals surface area contributed by atoms with Gasteiger partial charge < -0.3 is 10.2 Å². The van der Waals surface area contributed by atoms with Gasteiger partial charge in [0.05, 0.1) is 5.92 Å². The lowest BCUT2D eigenvalue weighted by Crippen LogP contribution is -2.46. The maximum Gasteiger partial charge on any atom is 0.227 e. The first kappa shape index (κ1) is 11.9. The molecule has 1 aliphatic carbocycles. The van der Waals surface area contributed by atoms with Crippen molar-refractivity contribution in [3.8, 4) is 0 Å². The van der Waals surface area contributed by atoms with Crippen LogP contribution in [-0.4, -0.2) is 36.5 Å². The van der Waals surface area contributed by atoms with Gasteiger partial charge in [-0.05, 0) is 52.0 Å². The number of carbonyl (C=O) groups excluding carboxylic acids is 1. The fourth-order valence-corrected chi connectivity index (χ4v) is 2.43. The van der Waals surface area contributed by atoms with Gasteiger partial charge in [-0.3, -0.25) is 4.79 Å². The van der Waals surface area contributed by atoms with E-state index in [-0.39, 0.29) is 5.92 Å². The number of nitrogens with zero attached hydrogens (tertiary/aromatic N) is 1. The fraction of sp³-hybridized carbons (Fsp3) is 0.923. The van der Waals surface area contributed by atoms with E-state index >= 15 is 0 Å². The zero-order valence-electron chi connectivity index (χ0n) is 10.5. The van der Waals surface area contributed by atoms with Gasteiger partial charge in [-0.25, -0.2) is 0 Å². The first-order chi connectivity index (χ1) is 7.68. The SMILES string of the molecule is CC(C)N(CC1CC1)C(=O)[C@H]1CCCNC1. The molecule has 0 unspecified atom stereocenters. The highest BCUT2D eigenvalue weighted by Crippen LogP contribution is 2.31. The number of carbonyl (C=O) groups is 1.